The highest BCUT2D eigenvalue weighted by atomic mass is 16.3. The van der Waals surface area contributed by atoms with Crippen LogP contribution in [0.25, 0.3) is 0 Å². The van der Waals surface area contributed by atoms with Gasteiger partial charge in [-0.05, 0) is 21.1 Å². The average molecular weight is 147 g/mol. The van der Waals surface area contributed by atoms with Gasteiger partial charge in [-0.1, -0.05) is 0 Å². The Bertz CT molecular complexity index is 79.4. The van der Waals surface area contributed by atoms with Crippen LogP contribution >= 0.6 is 0 Å². The predicted molar refractivity (Wildman–Crippen MR) is 41.4 cm³/mol. The first kappa shape index (κ1) is 9.84. The van der Waals surface area contributed by atoms with E-state index in [0.29, 0.717) is 0 Å². The minimum atomic E-state index is 0.105. The maximum atomic E-state index is 8.63. The Balaban J connectivity index is 3.27. The lowest BCUT2D eigenvalue weighted by Gasteiger charge is -2.21. The van der Waals surface area contributed by atoms with Crippen LogP contribution in [-0.4, -0.2) is 56.1 Å². The molecule has 0 radical (unpaired) electrons. The fourth-order valence-electron chi connectivity index (χ4n) is 0.777. The van der Waals surface area contributed by atoms with Crippen LogP contribution in [0.1, 0.15) is 0 Å². The average Bonchev–Trinajstić information content (AvgIpc) is 1.88. The van der Waals surface area contributed by atoms with Gasteiger partial charge in [-0.25, -0.2) is 0 Å². The van der Waals surface area contributed by atoms with E-state index in [0.717, 1.165) is 13.3 Å². The number of rotatable bonds is 5. The van der Waals surface area contributed by atoms with Crippen LogP contribution in [-0.2, 0) is 0 Å². The van der Waals surface area contributed by atoms with E-state index < -0.39 is 0 Å². The minimum absolute atomic E-state index is 0.105. The second-order valence-electron chi connectivity index (χ2n) is 2.51. The van der Waals surface area contributed by atoms with Gasteiger partial charge in [0.15, 0.2) is 0 Å². The summed E-state index contributed by atoms with van der Waals surface area (Å²) in [6.45, 7) is 1.72. The summed E-state index contributed by atoms with van der Waals surface area (Å²) in [6, 6.07) is 0. The molecule has 0 atom stereocenters. The molecule has 0 unspecified atom stereocenters. The van der Waals surface area contributed by atoms with E-state index in [2.05, 4.69) is 10.2 Å². The molecule has 0 aromatic rings. The van der Waals surface area contributed by atoms with Crippen LogP contribution in [0.4, 0.5) is 0 Å². The van der Waals surface area contributed by atoms with E-state index in [1.807, 2.05) is 26.0 Å². The highest BCUT2D eigenvalue weighted by Gasteiger charge is 1.98. The van der Waals surface area contributed by atoms with Crippen molar-refractivity contribution in [1.82, 2.24) is 15.1 Å². The molecule has 0 aromatic heterocycles. The van der Waals surface area contributed by atoms with Crippen molar-refractivity contribution < 1.29 is 5.11 Å². The first-order valence-electron chi connectivity index (χ1n) is 3.33. The number of nitrogens with zero attached hydrogens (tertiary/aromatic N) is 2. The largest absolute Gasteiger partial charge is 0.381 e. The number of hydrogen-bond acceptors (Lipinski definition) is 4. The molecule has 0 aliphatic rings. The van der Waals surface area contributed by atoms with Gasteiger partial charge < -0.3 is 10.4 Å². The lowest BCUT2D eigenvalue weighted by atomic mass is 10.7. The Morgan fingerprint density at radius 2 is 1.90 bits per heavy atom. The molecule has 0 saturated heterocycles. The van der Waals surface area contributed by atoms with Gasteiger partial charge in [-0.15, -0.1) is 0 Å². The molecule has 4 heteroatoms. The molecule has 0 amide bonds. The summed E-state index contributed by atoms with van der Waals surface area (Å²) < 4.78 is 0. The van der Waals surface area contributed by atoms with E-state index in [1.165, 1.54) is 0 Å². The van der Waals surface area contributed by atoms with E-state index in [4.69, 9.17) is 5.11 Å². The van der Waals surface area contributed by atoms with E-state index in [1.54, 1.807) is 0 Å². The zero-order chi connectivity index (χ0) is 7.98. The number of aliphatic hydroxyl groups excluding tert-OH is 1. The third kappa shape index (κ3) is 4.69. The topological polar surface area (TPSA) is 38.7 Å². The molecule has 0 aromatic carbocycles. The van der Waals surface area contributed by atoms with Crippen molar-refractivity contribution in [3.05, 3.63) is 0 Å². The molecule has 0 fully saturated rings. The SMILES string of the molecule is CNCN(C)CN(C)CO. The van der Waals surface area contributed by atoms with Gasteiger partial charge in [0.1, 0.15) is 0 Å². The van der Waals surface area contributed by atoms with Gasteiger partial charge in [0.2, 0.25) is 0 Å². The molecular formula is C6H17N3O. The Labute approximate surface area is 62.4 Å². The summed E-state index contributed by atoms with van der Waals surface area (Å²) in [6.07, 6.45) is 0. The Morgan fingerprint density at radius 3 is 2.30 bits per heavy atom. The summed E-state index contributed by atoms with van der Waals surface area (Å²) in [5, 5.41) is 11.6. The summed E-state index contributed by atoms with van der Waals surface area (Å²) in [5.74, 6) is 0. The highest BCUT2D eigenvalue weighted by Crippen LogP contribution is 1.82. The van der Waals surface area contributed by atoms with Crippen LogP contribution in [0.15, 0.2) is 0 Å². The summed E-state index contributed by atoms with van der Waals surface area (Å²) in [4.78, 5) is 3.88. The van der Waals surface area contributed by atoms with Crippen molar-refractivity contribution in [2.75, 3.05) is 41.2 Å². The second-order valence-corrected chi connectivity index (χ2v) is 2.51. The number of aliphatic hydroxyl groups is 1. The van der Waals surface area contributed by atoms with Gasteiger partial charge >= 0.3 is 0 Å². The lowest BCUT2D eigenvalue weighted by Crippen LogP contribution is -2.37. The monoisotopic (exact) mass is 147 g/mol. The molecule has 2 N–H and O–H groups in total. The molecule has 4 nitrogen and oxygen atoms in total. The van der Waals surface area contributed by atoms with E-state index >= 15 is 0 Å². The number of hydrogen-bond donors (Lipinski definition) is 2. The first-order valence-corrected chi connectivity index (χ1v) is 3.33. The summed E-state index contributed by atoms with van der Waals surface area (Å²) in [7, 11) is 5.75. The molecule has 0 spiro atoms. The van der Waals surface area contributed by atoms with Crippen molar-refractivity contribution in [1.29, 1.82) is 0 Å². The maximum absolute atomic E-state index is 8.63. The fraction of sp³-hybridized carbons (Fsp3) is 1.00. The molecule has 0 saturated carbocycles. The highest BCUT2D eigenvalue weighted by molar-refractivity contribution is 4.45. The van der Waals surface area contributed by atoms with Gasteiger partial charge in [0.05, 0.1) is 13.4 Å². The normalized spacial score (nSPS) is 11.4. The number of nitrogens with one attached hydrogen (secondary N) is 1. The lowest BCUT2D eigenvalue weighted by molar-refractivity contribution is 0.0796. The van der Waals surface area contributed by atoms with Gasteiger partial charge in [0, 0.05) is 6.67 Å². The first-order chi connectivity index (χ1) is 4.70. The summed E-state index contributed by atoms with van der Waals surface area (Å²) >= 11 is 0. The minimum Gasteiger partial charge on any atom is -0.381 e. The molecular weight excluding hydrogens is 130 g/mol. The van der Waals surface area contributed by atoms with Crippen LogP contribution in [0.5, 0.6) is 0 Å². The van der Waals surface area contributed by atoms with Crippen molar-refractivity contribution in [3.8, 4) is 0 Å². The Morgan fingerprint density at radius 1 is 1.30 bits per heavy atom. The maximum Gasteiger partial charge on any atom is 0.0964 e. The molecule has 0 heterocycles. The van der Waals surface area contributed by atoms with Crippen LogP contribution < -0.4 is 5.32 Å². The fourth-order valence-corrected chi connectivity index (χ4v) is 0.777. The second kappa shape index (κ2) is 5.61. The van der Waals surface area contributed by atoms with E-state index in [-0.39, 0.29) is 6.73 Å². The van der Waals surface area contributed by atoms with Crippen molar-refractivity contribution in [2.24, 2.45) is 0 Å². The smallest absolute Gasteiger partial charge is 0.0964 e. The van der Waals surface area contributed by atoms with E-state index in [9.17, 15) is 0 Å². The third-order valence-corrected chi connectivity index (χ3v) is 1.15. The quantitative estimate of drug-likeness (QED) is 0.486. The predicted octanol–water partition coefficient (Wildman–Crippen LogP) is -1.07. The molecule has 62 valence electrons. The molecule has 0 rings (SSSR count). The Hall–Kier alpha value is -0.160. The van der Waals surface area contributed by atoms with Gasteiger partial charge in [-0.3, -0.25) is 9.80 Å². The van der Waals surface area contributed by atoms with Crippen molar-refractivity contribution in [2.45, 2.75) is 0 Å². The zero-order valence-electron chi connectivity index (χ0n) is 6.96. The summed E-state index contributed by atoms with van der Waals surface area (Å²) in [5.41, 5.74) is 0. The van der Waals surface area contributed by atoms with Crippen LogP contribution in [0, 0.1) is 0 Å². The van der Waals surface area contributed by atoms with Gasteiger partial charge in [0.25, 0.3) is 0 Å². The molecule has 10 heavy (non-hydrogen) atoms. The zero-order valence-corrected chi connectivity index (χ0v) is 6.96. The molecule has 0 aliphatic carbocycles. The van der Waals surface area contributed by atoms with Crippen molar-refractivity contribution in [3.63, 3.8) is 0 Å². The van der Waals surface area contributed by atoms with Crippen LogP contribution in [0.2, 0.25) is 0 Å². The van der Waals surface area contributed by atoms with Gasteiger partial charge in [-0.2, -0.15) is 0 Å². The van der Waals surface area contributed by atoms with Crippen LogP contribution in [0.3, 0.4) is 0 Å². The Kier molecular flexibility index (Phi) is 5.52. The molecule has 0 bridgehead atoms. The third-order valence-electron chi connectivity index (χ3n) is 1.15. The standard InChI is InChI=1S/C6H17N3O/c1-7-4-8(2)5-9(3)6-10/h7,10H,4-6H2,1-3H3. The molecule has 0 aliphatic heterocycles. The van der Waals surface area contributed by atoms with Crippen molar-refractivity contribution >= 4 is 0 Å².